The number of hydrogen-bond acceptors (Lipinski definition) is 4. The van der Waals surface area contributed by atoms with Crippen LogP contribution in [0.15, 0.2) is 78.1 Å². The number of nitrogens with one attached hydrogen (secondary N) is 3. The molecule has 1 saturated heterocycles. The van der Waals surface area contributed by atoms with E-state index in [0.717, 1.165) is 79.0 Å². The van der Waals surface area contributed by atoms with Gasteiger partial charge in [-0.3, -0.25) is 9.88 Å². The summed E-state index contributed by atoms with van der Waals surface area (Å²) in [6.45, 7) is 5.47. The van der Waals surface area contributed by atoms with Crippen LogP contribution in [-0.4, -0.2) is 47.7 Å². The number of hydrogen-bond donors (Lipinski definition) is 3. The molecule has 7 heteroatoms. The van der Waals surface area contributed by atoms with E-state index in [0.29, 0.717) is 10.1 Å². The van der Waals surface area contributed by atoms with E-state index in [2.05, 4.69) is 50.1 Å². The molecule has 0 amide bonds. The fourth-order valence-electron chi connectivity index (χ4n) is 4.50. The molecule has 34 heavy (non-hydrogen) atoms. The van der Waals surface area contributed by atoms with E-state index in [-0.39, 0.29) is 0 Å². The standard InChI is InChI=1S/C27H28ClN5S/c28-25-10-9-22(17-24(25)26-23-4-2-1-3-20(23)11-12-30-26)32-27(34)31-21-7-5-19(6-8-21)18-33-15-13-29-14-16-33/h1-5,7,9-12,17,29H,6,8,13-16,18H2,(H2,31,32,34). The lowest BCUT2D eigenvalue weighted by Gasteiger charge is -2.29. The molecule has 1 aliphatic carbocycles. The van der Waals surface area contributed by atoms with Crippen LogP contribution in [0.25, 0.3) is 22.0 Å². The van der Waals surface area contributed by atoms with E-state index >= 15 is 0 Å². The Morgan fingerprint density at radius 2 is 1.88 bits per heavy atom. The van der Waals surface area contributed by atoms with Crippen molar-refractivity contribution in [3.05, 3.63) is 83.2 Å². The van der Waals surface area contributed by atoms with Crippen LogP contribution < -0.4 is 16.0 Å². The molecule has 1 aromatic heterocycles. The van der Waals surface area contributed by atoms with Crippen molar-refractivity contribution in [2.45, 2.75) is 12.8 Å². The third-order valence-electron chi connectivity index (χ3n) is 6.30. The van der Waals surface area contributed by atoms with Crippen LogP contribution in [0, 0.1) is 0 Å². The highest BCUT2D eigenvalue weighted by Crippen LogP contribution is 2.33. The van der Waals surface area contributed by atoms with Gasteiger partial charge >= 0.3 is 0 Å². The van der Waals surface area contributed by atoms with Gasteiger partial charge < -0.3 is 16.0 Å². The average molecular weight is 490 g/mol. The molecule has 2 aromatic carbocycles. The highest BCUT2D eigenvalue weighted by molar-refractivity contribution is 7.80. The Kier molecular flexibility index (Phi) is 7.21. The van der Waals surface area contributed by atoms with E-state index < -0.39 is 0 Å². The fraction of sp³-hybridized carbons (Fsp3) is 0.259. The molecule has 1 aliphatic heterocycles. The number of benzene rings is 2. The van der Waals surface area contributed by atoms with E-state index in [1.807, 2.05) is 42.6 Å². The van der Waals surface area contributed by atoms with Crippen molar-refractivity contribution in [3.63, 3.8) is 0 Å². The summed E-state index contributed by atoms with van der Waals surface area (Å²) in [7, 11) is 0. The zero-order valence-electron chi connectivity index (χ0n) is 19.0. The van der Waals surface area contributed by atoms with Crippen molar-refractivity contribution >= 4 is 45.4 Å². The number of halogens is 1. The molecule has 5 nitrogen and oxygen atoms in total. The van der Waals surface area contributed by atoms with Gasteiger partial charge in [0.25, 0.3) is 0 Å². The third kappa shape index (κ3) is 5.47. The van der Waals surface area contributed by atoms with Gasteiger partial charge in [0.2, 0.25) is 0 Å². The van der Waals surface area contributed by atoms with Gasteiger partial charge in [0.05, 0.1) is 10.7 Å². The molecule has 0 spiro atoms. The van der Waals surface area contributed by atoms with Crippen LogP contribution in [0.1, 0.15) is 12.8 Å². The largest absolute Gasteiger partial charge is 0.336 e. The first kappa shape index (κ1) is 23.0. The first-order valence-corrected chi connectivity index (χ1v) is 12.5. The maximum atomic E-state index is 6.57. The fourth-order valence-corrected chi connectivity index (χ4v) is 4.96. The van der Waals surface area contributed by atoms with Crippen LogP contribution in [0.5, 0.6) is 0 Å². The second-order valence-electron chi connectivity index (χ2n) is 8.70. The number of rotatable bonds is 5. The highest BCUT2D eigenvalue weighted by Gasteiger charge is 2.15. The average Bonchev–Trinajstić information content (AvgIpc) is 2.87. The molecular weight excluding hydrogens is 462 g/mol. The van der Waals surface area contributed by atoms with E-state index in [1.54, 1.807) is 0 Å². The minimum absolute atomic E-state index is 0.573. The van der Waals surface area contributed by atoms with Crippen molar-refractivity contribution in [1.82, 2.24) is 20.5 Å². The number of allylic oxidation sites excluding steroid dienone is 3. The maximum Gasteiger partial charge on any atom is 0.175 e. The van der Waals surface area contributed by atoms with Crippen molar-refractivity contribution in [1.29, 1.82) is 0 Å². The van der Waals surface area contributed by atoms with Crippen LogP contribution in [-0.2, 0) is 0 Å². The SMILES string of the molecule is S=C(NC1=CC=C(CN2CCNCC2)CC1)Nc1ccc(Cl)c(-c2nccc3ccccc23)c1. The topological polar surface area (TPSA) is 52.2 Å². The number of fused-ring (bicyclic) bond motifs is 1. The van der Waals surface area contributed by atoms with Gasteiger partial charge in [-0.05, 0) is 60.8 Å². The number of nitrogens with zero attached hydrogens (tertiary/aromatic N) is 2. The quantitative estimate of drug-likeness (QED) is 0.420. The molecule has 0 saturated carbocycles. The number of aromatic nitrogens is 1. The Labute approximate surface area is 210 Å². The Balaban J connectivity index is 1.26. The van der Waals surface area contributed by atoms with Crippen LogP contribution >= 0.6 is 23.8 Å². The van der Waals surface area contributed by atoms with Gasteiger partial charge in [0.1, 0.15) is 0 Å². The summed E-state index contributed by atoms with van der Waals surface area (Å²) in [4.78, 5) is 7.14. The van der Waals surface area contributed by atoms with E-state index in [9.17, 15) is 0 Å². The Morgan fingerprint density at radius 1 is 1.03 bits per heavy atom. The summed E-state index contributed by atoms with van der Waals surface area (Å²) < 4.78 is 0. The molecule has 0 bridgehead atoms. The molecule has 3 N–H and O–H groups in total. The zero-order chi connectivity index (χ0) is 23.3. The van der Waals surface area contributed by atoms with Gasteiger partial charge in [0, 0.05) is 61.3 Å². The lowest BCUT2D eigenvalue weighted by Crippen LogP contribution is -2.44. The number of thiocarbonyl (C=S) groups is 1. The summed E-state index contributed by atoms with van der Waals surface area (Å²) in [5, 5.41) is 13.5. The third-order valence-corrected chi connectivity index (χ3v) is 6.83. The van der Waals surface area contributed by atoms with Gasteiger partial charge in [-0.2, -0.15) is 0 Å². The maximum absolute atomic E-state index is 6.57. The van der Waals surface area contributed by atoms with Gasteiger partial charge in [-0.1, -0.05) is 47.5 Å². The smallest absolute Gasteiger partial charge is 0.175 e. The normalized spacial score (nSPS) is 16.6. The zero-order valence-corrected chi connectivity index (χ0v) is 20.6. The summed E-state index contributed by atoms with van der Waals surface area (Å²) >= 11 is 12.2. The van der Waals surface area contributed by atoms with Crippen molar-refractivity contribution < 1.29 is 0 Å². The monoisotopic (exact) mass is 489 g/mol. The summed E-state index contributed by atoms with van der Waals surface area (Å²) in [5.41, 5.74) is 5.23. The summed E-state index contributed by atoms with van der Waals surface area (Å²) in [6, 6.07) is 16.0. The Bertz CT molecular complexity index is 1260. The molecule has 3 aromatic rings. The minimum atomic E-state index is 0.573. The first-order chi connectivity index (χ1) is 16.7. The molecule has 2 aliphatic rings. The summed E-state index contributed by atoms with van der Waals surface area (Å²) in [6.07, 6.45) is 8.24. The number of anilines is 1. The molecular formula is C27H28ClN5S. The second kappa shape index (κ2) is 10.7. The molecule has 1 fully saturated rings. The van der Waals surface area contributed by atoms with Gasteiger partial charge in [-0.15, -0.1) is 0 Å². The predicted molar refractivity (Wildman–Crippen MR) is 146 cm³/mol. The van der Waals surface area contributed by atoms with Crippen LogP contribution in [0.4, 0.5) is 5.69 Å². The van der Waals surface area contributed by atoms with E-state index in [1.165, 1.54) is 5.57 Å². The molecule has 2 heterocycles. The molecule has 0 atom stereocenters. The molecule has 0 radical (unpaired) electrons. The first-order valence-electron chi connectivity index (χ1n) is 11.7. The molecule has 174 valence electrons. The Hall–Kier alpha value is -2.77. The lowest BCUT2D eigenvalue weighted by molar-refractivity contribution is 0.257. The van der Waals surface area contributed by atoms with Gasteiger partial charge in [0.15, 0.2) is 5.11 Å². The number of pyridine rings is 1. The Morgan fingerprint density at radius 3 is 2.71 bits per heavy atom. The predicted octanol–water partition coefficient (Wildman–Crippen LogP) is 5.35. The van der Waals surface area contributed by atoms with Crippen LogP contribution in [0.3, 0.4) is 0 Å². The highest BCUT2D eigenvalue weighted by atomic mass is 35.5. The van der Waals surface area contributed by atoms with Crippen LogP contribution in [0.2, 0.25) is 5.02 Å². The molecule has 0 unspecified atom stereocenters. The van der Waals surface area contributed by atoms with Crippen molar-refractivity contribution in [2.75, 3.05) is 38.0 Å². The van der Waals surface area contributed by atoms with E-state index in [4.69, 9.17) is 23.8 Å². The lowest BCUT2D eigenvalue weighted by atomic mass is 10.0. The van der Waals surface area contributed by atoms with Crippen molar-refractivity contribution in [2.24, 2.45) is 0 Å². The molecule has 5 rings (SSSR count). The second-order valence-corrected chi connectivity index (χ2v) is 9.51. The number of piperazine rings is 1. The van der Waals surface area contributed by atoms with Crippen molar-refractivity contribution in [3.8, 4) is 11.3 Å². The minimum Gasteiger partial charge on any atom is -0.336 e. The summed E-state index contributed by atoms with van der Waals surface area (Å²) in [5.74, 6) is 0. The van der Waals surface area contributed by atoms with Gasteiger partial charge in [-0.25, -0.2) is 0 Å².